The van der Waals surface area contributed by atoms with Crippen molar-refractivity contribution in [1.82, 2.24) is 5.32 Å². The van der Waals surface area contributed by atoms with Crippen molar-refractivity contribution < 1.29 is 5.11 Å². The zero-order valence-corrected chi connectivity index (χ0v) is 11.1. The van der Waals surface area contributed by atoms with Crippen LogP contribution in [0.1, 0.15) is 51.5 Å². The Balaban J connectivity index is 2.31. The van der Waals surface area contributed by atoms with Gasteiger partial charge in [-0.25, -0.2) is 0 Å². The Labute approximate surface area is 105 Å². The minimum atomic E-state index is 0.350. The first-order valence-corrected chi connectivity index (χ1v) is 6.77. The van der Waals surface area contributed by atoms with Crippen molar-refractivity contribution in [1.29, 1.82) is 0 Å². The number of rotatable bonds is 8. The third-order valence-electron chi connectivity index (χ3n) is 3.15. The Kier molecular flexibility index (Phi) is 6.71. The molecule has 0 bridgehead atoms. The highest BCUT2D eigenvalue weighted by Gasteiger charge is 2.05. The molecule has 1 rings (SSSR count). The second kappa shape index (κ2) is 8.13. The van der Waals surface area contributed by atoms with E-state index in [9.17, 15) is 5.11 Å². The van der Waals surface area contributed by atoms with E-state index >= 15 is 0 Å². The maximum Gasteiger partial charge on any atom is 0.115 e. The van der Waals surface area contributed by atoms with Crippen LogP contribution in [0, 0.1) is 0 Å². The van der Waals surface area contributed by atoms with Gasteiger partial charge in [0.05, 0.1) is 0 Å². The van der Waals surface area contributed by atoms with Gasteiger partial charge in [0, 0.05) is 12.6 Å². The summed E-state index contributed by atoms with van der Waals surface area (Å²) >= 11 is 0. The van der Waals surface area contributed by atoms with E-state index in [1.54, 1.807) is 6.07 Å². The number of aromatic hydroxyl groups is 1. The quantitative estimate of drug-likeness (QED) is 0.671. The minimum Gasteiger partial charge on any atom is -0.508 e. The molecule has 0 aliphatic heterocycles. The van der Waals surface area contributed by atoms with E-state index < -0.39 is 0 Å². The zero-order chi connectivity index (χ0) is 12.5. The summed E-state index contributed by atoms with van der Waals surface area (Å²) in [6.45, 7) is 5.31. The molecule has 1 aromatic rings. The van der Waals surface area contributed by atoms with Crippen LogP contribution in [0.25, 0.3) is 0 Å². The van der Waals surface area contributed by atoms with Crippen LogP contribution in [-0.4, -0.2) is 11.1 Å². The average Bonchev–Trinajstić information content (AvgIpc) is 2.34. The molecule has 0 fully saturated rings. The van der Waals surface area contributed by atoms with Crippen LogP contribution in [0.2, 0.25) is 0 Å². The molecule has 0 amide bonds. The van der Waals surface area contributed by atoms with Gasteiger partial charge in [0.2, 0.25) is 0 Å². The first kappa shape index (κ1) is 14.0. The molecule has 2 N–H and O–H groups in total. The van der Waals surface area contributed by atoms with E-state index in [0.717, 1.165) is 12.1 Å². The summed E-state index contributed by atoms with van der Waals surface area (Å²) in [6.07, 6.45) is 6.33. The second-order valence-electron chi connectivity index (χ2n) is 4.65. The molecule has 96 valence electrons. The second-order valence-corrected chi connectivity index (χ2v) is 4.65. The number of hydrogen-bond donors (Lipinski definition) is 2. The van der Waals surface area contributed by atoms with Crippen LogP contribution in [0.15, 0.2) is 24.3 Å². The van der Waals surface area contributed by atoms with Crippen LogP contribution in [-0.2, 0) is 6.54 Å². The maximum atomic E-state index is 9.38. The molecule has 1 unspecified atom stereocenters. The number of phenols is 1. The van der Waals surface area contributed by atoms with Crippen LogP contribution in [0.4, 0.5) is 0 Å². The molecular formula is C15H25NO. The van der Waals surface area contributed by atoms with Crippen LogP contribution < -0.4 is 5.32 Å². The SMILES string of the molecule is CCCCCC(CC)NCc1cccc(O)c1. The lowest BCUT2D eigenvalue weighted by molar-refractivity contribution is 0.444. The standard InChI is InChI=1S/C15H25NO/c1-3-5-6-9-14(4-2)16-12-13-8-7-10-15(17)11-13/h7-8,10-11,14,16-17H,3-6,9,12H2,1-2H3. The van der Waals surface area contributed by atoms with Crippen molar-refractivity contribution in [3.05, 3.63) is 29.8 Å². The van der Waals surface area contributed by atoms with Crippen molar-refractivity contribution >= 4 is 0 Å². The summed E-state index contributed by atoms with van der Waals surface area (Å²) in [7, 11) is 0. The van der Waals surface area contributed by atoms with Crippen molar-refractivity contribution in [2.24, 2.45) is 0 Å². The topological polar surface area (TPSA) is 32.3 Å². The van der Waals surface area contributed by atoms with Gasteiger partial charge in [-0.2, -0.15) is 0 Å². The van der Waals surface area contributed by atoms with Gasteiger partial charge in [0.1, 0.15) is 5.75 Å². The minimum absolute atomic E-state index is 0.350. The predicted octanol–water partition coefficient (Wildman–Crippen LogP) is 3.84. The molecular weight excluding hydrogens is 210 g/mol. The maximum absolute atomic E-state index is 9.38. The third-order valence-corrected chi connectivity index (χ3v) is 3.15. The Hall–Kier alpha value is -1.02. The van der Waals surface area contributed by atoms with Crippen molar-refractivity contribution in [3.8, 4) is 5.75 Å². The summed E-state index contributed by atoms with van der Waals surface area (Å²) in [6, 6.07) is 8.08. The third kappa shape index (κ3) is 5.73. The smallest absolute Gasteiger partial charge is 0.115 e. The summed E-state index contributed by atoms with van der Waals surface area (Å²) in [5, 5.41) is 12.9. The Morgan fingerprint density at radius 2 is 2.06 bits per heavy atom. The number of phenolic OH excluding ortho intramolecular Hbond substituents is 1. The van der Waals surface area contributed by atoms with Gasteiger partial charge in [0.15, 0.2) is 0 Å². The number of benzene rings is 1. The van der Waals surface area contributed by atoms with E-state index in [1.165, 1.54) is 32.1 Å². The van der Waals surface area contributed by atoms with Gasteiger partial charge in [-0.05, 0) is 30.5 Å². The molecule has 1 aromatic carbocycles. The Bertz CT molecular complexity index is 312. The van der Waals surface area contributed by atoms with Gasteiger partial charge in [0.25, 0.3) is 0 Å². The Morgan fingerprint density at radius 1 is 1.24 bits per heavy atom. The molecule has 0 heterocycles. The van der Waals surface area contributed by atoms with E-state index in [-0.39, 0.29) is 0 Å². The molecule has 0 aliphatic carbocycles. The normalized spacial score (nSPS) is 12.6. The first-order chi connectivity index (χ1) is 8.26. The molecule has 2 heteroatoms. The molecule has 2 nitrogen and oxygen atoms in total. The number of nitrogens with one attached hydrogen (secondary N) is 1. The summed E-state index contributed by atoms with van der Waals surface area (Å²) < 4.78 is 0. The van der Waals surface area contributed by atoms with Crippen molar-refractivity contribution in [3.63, 3.8) is 0 Å². The molecule has 0 spiro atoms. The van der Waals surface area contributed by atoms with Gasteiger partial charge in [-0.1, -0.05) is 45.2 Å². The lowest BCUT2D eigenvalue weighted by Gasteiger charge is -2.16. The zero-order valence-electron chi connectivity index (χ0n) is 11.1. The molecule has 0 saturated heterocycles. The largest absolute Gasteiger partial charge is 0.508 e. The lowest BCUT2D eigenvalue weighted by atomic mass is 10.1. The fourth-order valence-corrected chi connectivity index (χ4v) is 2.02. The van der Waals surface area contributed by atoms with Gasteiger partial charge >= 0.3 is 0 Å². The summed E-state index contributed by atoms with van der Waals surface area (Å²) in [5.41, 5.74) is 1.15. The molecule has 17 heavy (non-hydrogen) atoms. The van der Waals surface area contributed by atoms with Crippen molar-refractivity contribution in [2.45, 2.75) is 58.5 Å². The van der Waals surface area contributed by atoms with Gasteiger partial charge in [-0.3, -0.25) is 0 Å². The van der Waals surface area contributed by atoms with Crippen LogP contribution >= 0.6 is 0 Å². The summed E-state index contributed by atoms with van der Waals surface area (Å²) in [4.78, 5) is 0. The Morgan fingerprint density at radius 3 is 2.71 bits per heavy atom. The highest BCUT2D eigenvalue weighted by Crippen LogP contribution is 2.12. The fourth-order valence-electron chi connectivity index (χ4n) is 2.02. The monoisotopic (exact) mass is 235 g/mol. The van der Waals surface area contributed by atoms with E-state index in [4.69, 9.17) is 0 Å². The van der Waals surface area contributed by atoms with Crippen molar-refractivity contribution in [2.75, 3.05) is 0 Å². The number of hydrogen-bond acceptors (Lipinski definition) is 2. The van der Waals surface area contributed by atoms with E-state index in [2.05, 4.69) is 19.2 Å². The first-order valence-electron chi connectivity index (χ1n) is 6.77. The molecule has 0 saturated carbocycles. The number of unbranched alkanes of at least 4 members (excludes halogenated alkanes) is 2. The lowest BCUT2D eigenvalue weighted by Crippen LogP contribution is -2.27. The highest BCUT2D eigenvalue weighted by atomic mass is 16.3. The van der Waals surface area contributed by atoms with Crippen LogP contribution in [0.5, 0.6) is 5.75 Å². The molecule has 1 atom stereocenters. The summed E-state index contributed by atoms with van der Waals surface area (Å²) in [5.74, 6) is 0.350. The predicted molar refractivity (Wildman–Crippen MR) is 73.2 cm³/mol. The van der Waals surface area contributed by atoms with Gasteiger partial charge < -0.3 is 10.4 Å². The van der Waals surface area contributed by atoms with Crippen LogP contribution in [0.3, 0.4) is 0 Å². The molecule has 0 aromatic heterocycles. The fraction of sp³-hybridized carbons (Fsp3) is 0.600. The van der Waals surface area contributed by atoms with E-state index in [0.29, 0.717) is 11.8 Å². The van der Waals surface area contributed by atoms with E-state index in [1.807, 2.05) is 18.2 Å². The highest BCUT2D eigenvalue weighted by molar-refractivity contribution is 5.26. The molecule has 0 aliphatic rings. The molecule has 0 radical (unpaired) electrons. The van der Waals surface area contributed by atoms with Gasteiger partial charge in [-0.15, -0.1) is 0 Å². The average molecular weight is 235 g/mol.